The van der Waals surface area contributed by atoms with Gasteiger partial charge in [-0.05, 0) is 78.4 Å². The Morgan fingerprint density at radius 2 is 1.16 bits per heavy atom. The lowest BCUT2D eigenvalue weighted by Gasteiger charge is -2.22. The van der Waals surface area contributed by atoms with Crippen LogP contribution in [-0.2, 0) is 0 Å². The molecule has 0 amide bonds. The van der Waals surface area contributed by atoms with Crippen LogP contribution in [0.15, 0.2) is 150 Å². The molecule has 0 spiro atoms. The number of carboxylic acid groups (broad SMARTS) is 2. The fourth-order valence-electron chi connectivity index (χ4n) is 5.44. The molecule has 9 heteroatoms. The van der Waals surface area contributed by atoms with Crippen molar-refractivity contribution in [3.05, 3.63) is 168 Å². The first-order valence-electron chi connectivity index (χ1n) is 15.6. The maximum Gasteiger partial charge on any atom is 0.335 e. The Morgan fingerprint density at radius 3 is 1.80 bits per heavy atom. The van der Waals surface area contributed by atoms with Gasteiger partial charge in [-0.3, -0.25) is 9.88 Å². The van der Waals surface area contributed by atoms with Crippen molar-refractivity contribution in [3.8, 4) is 34.1 Å². The number of nitrogens with zero attached hydrogens (tertiary/aromatic N) is 4. The van der Waals surface area contributed by atoms with Gasteiger partial charge in [-0.2, -0.15) is 0 Å². The second-order valence-corrected chi connectivity index (χ2v) is 11.2. The Hall–Kier alpha value is -7.13. The van der Waals surface area contributed by atoms with Crippen molar-refractivity contribution in [3.63, 3.8) is 0 Å². The molecule has 0 bridgehead atoms. The zero-order chi connectivity index (χ0) is 34.5. The van der Waals surface area contributed by atoms with Crippen LogP contribution in [0, 0.1) is 0 Å². The number of anilines is 3. The van der Waals surface area contributed by atoms with Gasteiger partial charge in [0.25, 0.3) is 0 Å². The van der Waals surface area contributed by atoms with E-state index in [1.807, 2.05) is 126 Å². The molecule has 0 saturated carbocycles. The largest absolute Gasteiger partial charge is 0.478 e. The van der Waals surface area contributed by atoms with Crippen LogP contribution in [0.2, 0.25) is 0 Å². The zero-order valence-electron chi connectivity index (χ0n) is 26.4. The lowest BCUT2D eigenvalue weighted by Crippen LogP contribution is -2.08. The number of furan rings is 1. The van der Waals surface area contributed by atoms with Crippen LogP contribution in [0.5, 0.6) is 0 Å². The van der Waals surface area contributed by atoms with Crippen molar-refractivity contribution in [2.24, 2.45) is 0 Å². The molecule has 3 aromatic carbocycles. The van der Waals surface area contributed by atoms with Gasteiger partial charge in [0.15, 0.2) is 0 Å². The predicted octanol–water partition coefficient (Wildman–Crippen LogP) is 9.50. The van der Waals surface area contributed by atoms with E-state index < -0.39 is 11.9 Å². The van der Waals surface area contributed by atoms with Crippen molar-refractivity contribution in [2.75, 3.05) is 4.90 Å². The summed E-state index contributed by atoms with van der Waals surface area (Å²) >= 11 is 0. The minimum Gasteiger partial charge on any atom is -0.478 e. The number of aromatic carboxylic acids is 2. The van der Waals surface area contributed by atoms with E-state index in [1.54, 1.807) is 6.07 Å². The first-order valence-corrected chi connectivity index (χ1v) is 15.6. The molecule has 242 valence electrons. The summed E-state index contributed by atoms with van der Waals surface area (Å²) in [4.78, 5) is 39.8. The molecule has 0 saturated heterocycles. The van der Waals surface area contributed by atoms with E-state index in [-0.39, 0.29) is 28.2 Å². The van der Waals surface area contributed by atoms with Crippen molar-refractivity contribution in [1.29, 1.82) is 0 Å². The highest BCUT2D eigenvalue weighted by atomic mass is 16.4. The molecule has 0 radical (unpaired) electrons. The van der Waals surface area contributed by atoms with Crippen molar-refractivity contribution in [2.45, 2.75) is 0 Å². The number of hydrogen-bond donors (Lipinski definition) is 2. The molecule has 0 unspecified atom stereocenters. The molecule has 0 aliphatic heterocycles. The monoisotopic (exact) mass is 656 g/mol. The summed E-state index contributed by atoms with van der Waals surface area (Å²) in [5.41, 5.74) is 5.08. The third-order valence-electron chi connectivity index (χ3n) is 7.82. The van der Waals surface area contributed by atoms with Crippen LogP contribution in [0.25, 0.3) is 46.3 Å². The summed E-state index contributed by atoms with van der Waals surface area (Å²) in [6.45, 7) is 0. The number of carboxylic acids is 2. The molecule has 9 nitrogen and oxygen atoms in total. The molecule has 0 fully saturated rings. The summed E-state index contributed by atoms with van der Waals surface area (Å²) in [6.07, 6.45) is 5.15. The first kappa shape index (κ1) is 31.5. The third-order valence-corrected chi connectivity index (χ3v) is 7.82. The van der Waals surface area contributed by atoms with E-state index in [0.29, 0.717) is 28.6 Å². The highest BCUT2D eigenvalue weighted by Crippen LogP contribution is 2.38. The van der Waals surface area contributed by atoms with Crippen LogP contribution in [0.1, 0.15) is 32.0 Å². The Bertz CT molecular complexity index is 2300. The lowest BCUT2D eigenvalue weighted by atomic mass is 10.1. The number of rotatable bonds is 10. The molecule has 4 aromatic heterocycles. The van der Waals surface area contributed by atoms with Gasteiger partial charge in [0, 0.05) is 29.2 Å². The summed E-state index contributed by atoms with van der Waals surface area (Å²) in [5, 5.41) is 19.5. The summed E-state index contributed by atoms with van der Waals surface area (Å²) in [7, 11) is 0. The lowest BCUT2D eigenvalue weighted by molar-refractivity contribution is 0.0686. The first-order chi connectivity index (χ1) is 24.4. The van der Waals surface area contributed by atoms with Gasteiger partial charge in [0.05, 0.1) is 39.6 Å². The number of hydrogen-bond acceptors (Lipinski definition) is 7. The Labute approximate surface area is 287 Å². The summed E-state index contributed by atoms with van der Waals surface area (Å²) in [5.74, 6) is -1.17. The second-order valence-electron chi connectivity index (χ2n) is 11.2. The minimum absolute atomic E-state index is 0.00112. The van der Waals surface area contributed by atoms with Gasteiger partial charge < -0.3 is 14.6 Å². The second kappa shape index (κ2) is 13.9. The maximum atomic E-state index is 12.3. The van der Waals surface area contributed by atoms with Crippen molar-refractivity contribution in [1.82, 2.24) is 15.0 Å². The van der Waals surface area contributed by atoms with E-state index in [2.05, 4.69) is 4.98 Å². The molecule has 0 aliphatic rings. The molecule has 0 atom stereocenters. The average Bonchev–Trinajstić information content (AvgIpc) is 3.65. The van der Waals surface area contributed by atoms with Gasteiger partial charge in [0.2, 0.25) is 5.88 Å². The molecular weight excluding hydrogens is 628 g/mol. The Balaban J connectivity index is 1.36. The maximum absolute atomic E-state index is 12.3. The number of benzene rings is 3. The molecule has 4 heterocycles. The van der Waals surface area contributed by atoms with Crippen LogP contribution in [-0.4, -0.2) is 37.1 Å². The van der Waals surface area contributed by atoms with E-state index >= 15 is 0 Å². The zero-order valence-corrected chi connectivity index (χ0v) is 26.4. The topological polar surface area (TPSA) is 130 Å². The molecule has 7 aromatic rings. The number of para-hydroxylation sites is 2. The Kier molecular flexibility index (Phi) is 8.76. The SMILES string of the molecule is O=C(O)c1ccnc(-c2cc(C(=O)O)cc(-c3cc(-c4ccc(N(c5ccccc5)c5ccccc5)o4)cc(/C=C/c4ccccc4)n3)n2)c1. The van der Waals surface area contributed by atoms with Gasteiger partial charge in [-0.15, -0.1) is 0 Å². The molecular formula is C41H28N4O5. The van der Waals surface area contributed by atoms with Crippen molar-refractivity contribution < 1.29 is 24.2 Å². The van der Waals surface area contributed by atoms with Gasteiger partial charge in [-0.1, -0.05) is 72.8 Å². The molecule has 7 rings (SSSR count). The van der Waals surface area contributed by atoms with Gasteiger partial charge >= 0.3 is 11.9 Å². The van der Waals surface area contributed by atoms with E-state index in [4.69, 9.17) is 14.4 Å². The summed E-state index contributed by atoms with van der Waals surface area (Å²) in [6, 6.07) is 42.6. The minimum atomic E-state index is -1.18. The van der Waals surface area contributed by atoms with E-state index in [0.717, 1.165) is 16.9 Å². The summed E-state index contributed by atoms with van der Waals surface area (Å²) < 4.78 is 6.53. The highest BCUT2D eigenvalue weighted by molar-refractivity contribution is 5.92. The van der Waals surface area contributed by atoms with Crippen LogP contribution < -0.4 is 4.90 Å². The predicted molar refractivity (Wildman–Crippen MR) is 192 cm³/mol. The number of pyridine rings is 3. The molecule has 0 aliphatic carbocycles. The highest BCUT2D eigenvalue weighted by Gasteiger charge is 2.19. The standard InChI is InChI=1S/C41H28N4O5/c46-40(47)28-20-21-42-34(23-28)35-25-30(41(48)49)26-37(44-35)36-24-29(22-31(43-36)17-16-27-10-4-1-5-11-27)38-18-19-39(50-38)45(32-12-6-2-7-13-32)33-14-8-3-9-15-33/h1-26H,(H,46,47)(H,48,49)/b17-16+. The molecule has 50 heavy (non-hydrogen) atoms. The van der Waals surface area contributed by atoms with Gasteiger partial charge in [0.1, 0.15) is 5.76 Å². The quantitative estimate of drug-likeness (QED) is 0.148. The normalized spacial score (nSPS) is 11.0. The number of carbonyl (C=O) groups is 2. The third kappa shape index (κ3) is 6.92. The van der Waals surface area contributed by atoms with E-state index in [1.165, 1.54) is 30.5 Å². The number of aromatic nitrogens is 3. The van der Waals surface area contributed by atoms with Crippen LogP contribution >= 0.6 is 0 Å². The van der Waals surface area contributed by atoms with Crippen LogP contribution in [0.4, 0.5) is 17.3 Å². The molecule has 2 N–H and O–H groups in total. The van der Waals surface area contributed by atoms with Gasteiger partial charge in [-0.25, -0.2) is 19.6 Å². The Morgan fingerprint density at radius 1 is 0.580 bits per heavy atom. The van der Waals surface area contributed by atoms with Crippen molar-refractivity contribution >= 4 is 41.3 Å². The van der Waals surface area contributed by atoms with E-state index in [9.17, 15) is 19.8 Å². The van der Waals surface area contributed by atoms with Crippen LogP contribution in [0.3, 0.4) is 0 Å². The fraction of sp³-hybridized carbons (Fsp3) is 0. The smallest absolute Gasteiger partial charge is 0.335 e. The average molecular weight is 657 g/mol. The fourth-order valence-corrected chi connectivity index (χ4v) is 5.44.